The zero-order valence-electron chi connectivity index (χ0n) is 14.4. The first-order valence-corrected chi connectivity index (χ1v) is 8.25. The van der Waals surface area contributed by atoms with Crippen LogP contribution < -0.4 is 5.32 Å². The Kier molecular flexibility index (Phi) is 5.90. The highest BCUT2D eigenvalue weighted by Crippen LogP contribution is 2.23. The van der Waals surface area contributed by atoms with Crippen LogP contribution >= 0.6 is 0 Å². The molecule has 0 aromatic heterocycles. The second-order valence-corrected chi connectivity index (χ2v) is 6.21. The molecule has 1 aliphatic rings. The number of ketones is 1. The summed E-state index contributed by atoms with van der Waals surface area (Å²) in [6, 6.07) is 7.81. The molecule has 25 heavy (non-hydrogen) atoms. The van der Waals surface area contributed by atoms with E-state index in [4.69, 9.17) is 4.74 Å². The van der Waals surface area contributed by atoms with Gasteiger partial charge in [-0.2, -0.15) is 0 Å². The number of hydrogen-bond acceptors (Lipinski definition) is 5. The van der Waals surface area contributed by atoms with E-state index in [1.54, 1.807) is 37.3 Å². The van der Waals surface area contributed by atoms with Gasteiger partial charge in [-0.25, -0.2) is 4.79 Å². The van der Waals surface area contributed by atoms with Gasteiger partial charge in [0.15, 0.2) is 12.4 Å². The summed E-state index contributed by atoms with van der Waals surface area (Å²) < 4.78 is 4.90. The van der Waals surface area contributed by atoms with E-state index in [1.807, 2.05) is 6.92 Å². The van der Waals surface area contributed by atoms with E-state index in [9.17, 15) is 19.2 Å². The van der Waals surface area contributed by atoms with Crippen LogP contribution in [0.4, 0.5) is 4.79 Å². The van der Waals surface area contributed by atoms with Crippen LogP contribution in [-0.2, 0) is 14.3 Å². The lowest BCUT2D eigenvalue weighted by molar-refractivity contribution is -0.146. The molecule has 7 nitrogen and oxygen atoms in total. The van der Waals surface area contributed by atoms with Crippen molar-refractivity contribution in [1.82, 2.24) is 10.2 Å². The molecule has 0 radical (unpaired) electrons. The van der Waals surface area contributed by atoms with Crippen molar-refractivity contribution in [2.24, 2.45) is 0 Å². The number of ether oxygens (including phenoxy) is 1. The van der Waals surface area contributed by atoms with Crippen molar-refractivity contribution in [1.29, 1.82) is 0 Å². The Morgan fingerprint density at radius 3 is 2.52 bits per heavy atom. The van der Waals surface area contributed by atoms with Crippen LogP contribution in [0.2, 0.25) is 0 Å². The third-order valence-corrected chi connectivity index (χ3v) is 4.12. The SMILES string of the molecule is CCCC[C@@]1(C)NC(=O)N(CC(=O)OCC(=O)c2ccccc2)C1=O. The lowest BCUT2D eigenvalue weighted by Crippen LogP contribution is -2.44. The van der Waals surface area contributed by atoms with Gasteiger partial charge >= 0.3 is 12.0 Å². The molecule has 1 fully saturated rings. The normalized spacial score (nSPS) is 19.7. The summed E-state index contributed by atoms with van der Waals surface area (Å²) in [6.07, 6.45) is 2.18. The molecule has 3 amide bonds. The average Bonchev–Trinajstić information content (AvgIpc) is 2.82. The average molecular weight is 346 g/mol. The summed E-state index contributed by atoms with van der Waals surface area (Å²) in [5, 5.41) is 2.62. The Morgan fingerprint density at radius 2 is 1.88 bits per heavy atom. The summed E-state index contributed by atoms with van der Waals surface area (Å²) in [5.41, 5.74) is -0.565. The summed E-state index contributed by atoms with van der Waals surface area (Å²) in [7, 11) is 0. The van der Waals surface area contributed by atoms with E-state index < -0.39 is 36.6 Å². The highest BCUT2D eigenvalue weighted by molar-refractivity contribution is 6.08. The lowest BCUT2D eigenvalue weighted by Gasteiger charge is -2.21. The number of rotatable bonds is 8. The minimum Gasteiger partial charge on any atom is -0.456 e. The molecule has 7 heteroatoms. The maximum absolute atomic E-state index is 12.4. The molecule has 1 N–H and O–H groups in total. The Hall–Kier alpha value is -2.70. The number of nitrogens with zero attached hydrogens (tertiary/aromatic N) is 1. The van der Waals surface area contributed by atoms with Crippen molar-refractivity contribution in [3.05, 3.63) is 35.9 Å². The summed E-state index contributed by atoms with van der Waals surface area (Å²) >= 11 is 0. The van der Waals surface area contributed by atoms with E-state index in [1.165, 1.54) is 0 Å². The number of hydrogen-bond donors (Lipinski definition) is 1. The zero-order valence-corrected chi connectivity index (χ0v) is 14.4. The molecule has 134 valence electrons. The number of urea groups is 1. The Labute approximate surface area is 146 Å². The highest BCUT2D eigenvalue weighted by Gasteiger charge is 2.47. The largest absolute Gasteiger partial charge is 0.456 e. The number of carbonyl (C=O) groups excluding carboxylic acids is 4. The maximum atomic E-state index is 12.4. The van der Waals surface area contributed by atoms with Gasteiger partial charge in [0.2, 0.25) is 0 Å². The number of nitrogens with one attached hydrogen (secondary N) is 1. The van der Waals surface area contributed by atoms with Crippen LogP contribution in [0.5, 0.6) is 0 Å². The van der Waals surface area contributed by atoms with E-state index in [0.717, 1.165) is 17.7 Å². The van der Waals surface area contributed by atoms with Crippen molar-refractivity contribution < 1.29 is 23.9 Å². The molecule has 1 aliphatic heterocycles. The predicted octanol–water partition coefficient (Wildman–Crippen LogP) is 1.91. The summed E-state index contributed by atoms with van der Waals surface area (Å²) in [4.78, 5) is 49.0. The fraction of sp³-hybridized carbons (Fsp3) is 0.444. The van der Waals surface area contributed by atoms with Gasteiger partial charge in [-0.05, 0) is 13.3 Å². The third-order valence-electron chi connectivity index (χ3n) is 4.12. The van der Waals surface area contributed by atoms with Crippen LogP contribution in [-0.4, -0.2) is 47.3 Å². The van der Waals surface area contributed by atoms with Gasteiger partial charge in [0.1, 0.15) is 12.1 Å². The fourth-order valence-corrected chi connectivity index (χ4v) is 2.62. The van der Waals surface area contributed by atoms with Crippen molar-refractivity contribution in [2.75, 3.05) is 13.2 Å². The van der Waals surface area contributed by atoms with Crippen LogP contribution in [0.15, 0.2) is 30.3 Å². The minimum atomic E-state index is -0.993. The van der Waals surface area contributed by atoms with Crippen LogP contribution in [0, 0.1) is 0 Å². The number of Topliss-reactive ketones (excluding diaryl/α,β-unsaturated/α-hetero) is 1. The lowest BCUT2D eigenvalue weighted by atomic mass is 9.95. The first-order chi connectivity index (χ1) is 11.9. The molecule has 0 unspecified atom stereocenters. The second-order valence-electron chi connectivity index (χ2n) is 6.21. The standard InChI is InChI=1S/C18H22N2O5/c1-3-4-10-18(2)16(23)20(17(24)19-18)11-15(22)25-12-14(21)13-8-6-5-7-9-13/h5-9H,3-4,10-12H2,1-2H3,(H,19,24)/t18-/m1/s1. The molecule has 0 aliphatic carbocycles. The van der Waals surface area contributed by atoms with Crippen molar-refractivity contribution in [3.63, 3.8) is 0 Å². The number of carbonyl (C=O) groups is 4. The Morgan fingerprint density at radius 1 is 1.20 bits per heavy atom. The molecule has 1 aromatic carbocycles. The number of benzene rings is 1. The van der Waals surface area contributed by atoms with E-state index in [0.29, 0.717) is 12.0 Å². The summed E-state index contributed by atoms with van der Waals surface area (Å²) in [5.74, 6) is -1.59. The number of esters is 1. The van der Waals surface area contributed by atoms with Crippen molar-refractivity contribution in [3.8, 4) is 0 Å². The van der Waals surface area contributed by atoms with E-state index >= 15 is 0 Å². The van der Waals surface area contributed by atoms with Crippen LogP contribution in [0.1, 0.15) is 43.5 Å². The molecular formula is C18H22N2O5. The van der Waals surface area contributed by atoms with Crippen LogP contribution in [0.25, 0.3) is 0 Å². The highest BCUT2D eigenvalue weighted by atomic mass is 16.5. The van der Waals surface area contributed by atoms with E-state index in [-0.39, 0.29) is 5.78 Å². The molecule has 0 saturated carbocycles. The topological polar surface area (TPSA) is 92.8 Å². The fourth-order valence-electron chi connectivity index (χ4n) is 2.62. The first-order valence-electron chi connectivity index (χ1n) is 8.25. The predicted molar refractivity (Wildman–Crippen MR) is 89.9 cm³/mol. The number of unbranched alkanes of at least 4 members (excludes halogenated alkanes) is 1. The summed E-state index contributed by atoms with van der Waals surface area (Å²) in [6.45, 7) is 2.70. The molecule has 1 heterocycles. The van der Waals surface area contributed by atoms with Gasteiger partial charge in [0.05, 0.1) is 0 Å². The monoisotopic (exact) mass is 346 g/mol. The number of imide groups is 1. The second kappa shape index (κ2) is 7.92. The molecule has 0 spiro atoms. The first kappa shape index (κ1) is 18.6. The molecule has 1 aromatic rings. The van der Waals surface area contributed by atoms with Crippen molar-refractivity contribution >= 4 is 23.7 Å². The molecule has 2 rings (SSSR count). The third kappa shape index (κ3) is 4.43. The zero-order chi connectivity index (χ0) is 18.4. The maximum Gasteiger partial charge on any atom is 0.326 e. The minimum absolute atomic E-state index is 0.348. The Balaban J connectivity index is 1.89. The van der Waals surface area contributed by atoms with Crippen molar-refractivity contribution in [2.45, 2.75) is 38.6 Å². The van der Waals surface area contributed by atoms with Gasteiger partial charge in [0.25, 0.3) is 5.91 Å². The van der Waals surface area contributed by atoms with Gasteiger partial charge in [-0.1, -0.05) is 50.1 Å². The molecule has 1 atom stereocenters. The molecule has 1 saturated heterocycles. The number of amides is 3. The van der Waals surface area contributed by atoms with Gasteiger partial charge < -0.3 is 10.1 Å². The smallest absolute Gasteiger partial charge is 0.326 e. The van der Waals surface area contributed by atoms with Gasteiger partial charge in [-0.15, -0.1) is 0 Å². The van der Waals surface area contributed by atoms with Crippen LogP contribution in [0.3, 0.4) is 0 Å². The quantitative estimate of drug-likeness (QED) is 0.441. The molecule has 0 bridgehead atoms. The Bertz CT molecular complexity index is 673. The van der Waals surface area contributed by atoms with Gasteiger partial charge in [-0.3, -0.25) is 19.3 Å². The van der Waals surface area contributed by atoms with Gasteiger partial charge in [0, 0.05) is 5.56 Å². The molecular weight excluding hydrogens is 324 g/mol. The van der Waals surface area contributed by atoms with E-state index in [2.05, 4.69) is 5.32 Å².